The summed E-state index contributed by atoms with van der Waals surface area (Å²) in [5.41, 5.74) is 0.782. The molecule has 1 fully saturated rings. The first-order valence-corrected chi connectivity index (χ1v) is 8.46. The van der Waals surface area contributed by atoms with E-state index in [4.69, 9.17) is 0 Å². The van der Waals surface area contributed by atoms with Gasteiger partial charge in [-0.2, -0.15) is 0 Å². The van der Waals surface area contributed by atoms with Crippen LogP contribution in [0.2, 0.25) is 0 Å². The SMILES string of the molecule is CCCNC1(CO)CCC(Sc2nnc3ccccn23)C1. The summed E-state index contributed by atoms with van der Waals surface area (Å²) in [5, 5.41) is 23.2. The third-order valence-electron chi connectivity index (χ3n) is 4.17. The van der Waals surface area contributed by atoms with Crippen LogP contribution in [0.1, 0.15) is 32.6 Å². The van der Waals surface area contributed by atoms with E-state index in [0.717, 1.165) is 43.0 Å². The fourth-order valence-electron chi connectivity index (χ4n) is 2.98. The quantitative estimate of drug-likeness (QED) is 0.856. The summed E-state index contributed by atoms with van der Waals surface area (Å²) in [5.74, 6) is 0. The van der Waals surface area contributed by atoms with Crippen molar-refractivity contribution in [2.45, 2.75) is 48.6 Å². The predicted octanol–water partition coefficient (Wildman–Crippen LogP) is 2.10. The molecule has 114 valence electrons. The predicted molar refractivity (Wildman–Crippen MR) is 84.6 cm³/mol. The summed E-state index contributed by atoms with van der Waals surface area (Å²) in [6.45, 7) is 3.33. The second kappa shape index (κ2) is 6.34. The molecule has 1 saturated carbocycles. The molecule has 0 bridgehead atoms. The Morgan fingerprint density at radius 1 is 1.48 bits per heavy atom. The molecule has 0 spiro atoms. The van der Waals surface area contributed by atoms with Gasteiger partial charge >= 0.3 is 0 Å². The maximum absolute atomic E-state index is 9.75. The van der Waals surface area contributed by atoms with E-state index >= 15 is 0 Å². The molecular formula is C15H22N4OS. The molecule has 1 aliphatic carbocycles. The van der Waals surface area contributed by atoms with Crippen LogP contribution in [0.25, 0.3) is 5.65 Å². The third-order valence-corrected chi connectivity index (χ3v) is 5.40. The summed E-state index contributed by atoms with van der Waals surface area (Å²) in [7, 11) is 0. The highest BCUT2D eigenvalue weighted by Crippen LogP contribution is 2.39. The number of nitrogens with zero attached hydrogens (tertiary/aromatic N) is 3. The highest BCUT2D eigenvalue weighted by atomic mass is 32.2. The van der Waals surface area contributed by atoms with Crippen LogP contribution >= 0.6 is 11.8 Å². The van der Waals surface area contributed by atoms with Crippen molar-refractivity contribution in [1.82, 2.24) is 19.9 Å². The van der Waals surface area contributed by atoms with Crippen molar-refractivity contribution in [3.63, 3.8) is 0 Å². The molecular weight excluding hydrogens is 284 g/mol. The zero-order valence-corrected chi connectivity index (χ0v) is 13.1. The van der Waals surface area contributed by atoms with Gasteiger partial charge in [0.1, 0.15) is 0 Å². The number of pyridine rings is 1. The van der Waals surface area contributed by atoms with Crippen molar-refractivity contribution in [3.8, 4) is 0 Å². The fraction of sp³-hybridized carbons (Fsp3) is 0.600. The van der Waals surface area contributed by atoms with Crippen LogP contribution in [0.15, 0.2) is 29.6 Å². The van der Waals surface area contributed by atoms with E-state index in [1.54, 1.807) is 11.8 Å². The molecule has 0 aromatic carbocycles. The Morgan fingerprint density at radius 3 is 3.19 bits per heavy atom. The molecule has 0 radical (unpaired) electrons. The molecule has 3 rings (SSSR count). The average Bonchev–Trinajstić information content (AvgIpc) is 3.11. The van der Waals surface area contributed by atoms with E-state index in [1.165, 1.54) is 0 Å². The number of nitrogens with one attached hydrogen (secondary N) is 1. The van der Waals surface area contributed by atoms with Gasteiger partial charge in [0.05, 0.1) is 6.61 Å². The summed E-state index contributed by atoms with van der Waals surface area (Å²) in [4.78, 5) is 0. The van der Waals surface area contributed by atoms with Gasteiger partial charge in [-0.1, -0.05) is 24.8 Å². The van der Waals surface area contributed by atoms with Crippen molar-refractivity contribution in [1.29, 1.82) is 0 Å². The van der Waals surface area contributed by atoms with Crippen LogP contribution in [-0.2, 0) is 0 Å². The van der Waals surface area contributed by atoms with Crippen LogP contribution in [0.3, 0.4) is 0 Å². The Hall–Kier alpha value is -1.11. The molecule has 2 unspecified atom stereocenters. The molecule has 2 aromatic heterocycles. The first-order chi connectivity index (χ1) is 10.3. The number of rotatable bonds is 6. The molecule has 0 aliphatic heterocycles. The Morgan fingerprint density at radius 2 is 2.38 bits per heavy atom. The number of hydrogen-bond donors (Lipinski definition) is 2. The van der Waals surface area contributed by atoms with Crippen LogP contribution in [-0.4, -0.2) is 43.6 Å². The van der Waals surface area contributed by atoms with Gasteiger partial charge in [0, 0.05) is 17.0 Å². The summed E-state index contributed by atoms with van der Waals surface area (Å²) < 4.78 is 2.03. The molecule has 5 nitrogen and oxygen atoms in total. The topological polar surface area (TPSA) is 62.5 Å². The van der Waals surface area contributed by atoms with Gasteiger partial charge in [-0.25, -0.2) is 0 Å². The van der Waals surface area contributed by atoms with Gasteiger partial charge in [0.25, 0.3) is 0 Å². The number of fused-ring (bicyclic) bond motifs is 1. The molecule has 6 heteroatoms. The molecule has 2 aromatic rings. The van der Waals surface area contributed by atoms with Gasteiger partial charge in [-0.3, -0.25) is 4.40 Å². The largest absolute Gasteiger partial charge is 0.394 e. The lowest BCUT2D eigenvalue weighted by Crippen LogP contribution is -2.46. The highest BCUT2D eigenvalue weighted by Gasteiger charge is 2.39. The van der Waals surface area contributed by atoms with E-state index in [1.807, 2.05) is 28.8 Å². The lowest BCUT2D eigenvalue weighted by molar-refractivity contribution is 0.165. The monoisotopic (exact) mass is 306 g/mol. The lowest BCUT2D eigenvalue weighted by atomic mass is 9.99. The average molecular weight is 306 g/mol. The second-order valence-corrected chi connectivity index (χ2v) is 7.03. The summed E-state index contributed by atoms with van der Waals surface area (Å²) >= 11 is 1.78. The second-order valence-electron chi connectivity index (χ2n) is 5.76. The highest BCUT2D eigenvalue weighted by molar-refractivity contribution is 7.99. The summed E-state index contributed by atoms with van der Waals surface area (Å²) in [6, 6.07) is 5.93. The zero-order chi connectivity index (χ0) is 14.7. The number of aromatic nitrogens is 3. The van der Waals surface area contributed by atoms with Gasteiger partial charge in [0.2, 0.25) is 0 Å². The van der Waals surface area contributed by atoms with Gasteiger partial charge < -0.3 is 10.4 Å². The first-order valence-electron chi connectivity index (χ1n) is 7.59. The molecule has 2 N–H and O–H groups in total. The maximum Gasteiger partial charge on any atom is 0.195 e. The first kappa shape index (κ1) is 14.8. The van der Waals surface area contributed by atoms with E-state index < -0.39 is 0 Å². The molecule has 21 heavy (non-hydrogen) atoms. The molecule has 0 amide bonds. The van der Waals surface area contributed by atoms with Crippen LogP contribution in [0.4, 0.5) is 0 Å². The number of thioether (sulfide) groups is 1. The van der Waals surface area contributed by atoms with Crippen molar-refractivity contribution < 1.29 is 5.11 Å². The number of hydrogen-bond acceptors (Lipinski definition) is 5. The van der Waals surface area contributed by atoms with Crippen molar-refractivity contribution >= 4 is 17.4 Å². The molecule has 0 saturated heterocycles. The van der Waals surface area contributed by atoms with Crippen LogP contribution in [0.5, 0.6) is 0 Å². The maximum atomic E-state index is 9.75. The Labute approximate surface area is 129 Å². The Kier molecular flexibility index (Phi) is 4.47. The minimum atomic E-state index is -0.103. The van der Waals surface area contributed by atoms with Crippen molar-refractivity contribution in [3.05, 3.63) is 24.4 Å². The van der Waals surface area contributed by atoms with Gasteiger partial charge in [-0.15, -0.1) is 10.2 Å². The standard InChI is InChI=1S/C15H22N4OS/c1-2-8-16-15(11-20)7-6-12(10-15)21-14-18-17-13-5-3-4-9-19(13)14/h3-5,9,12,16,20H,2,6-8,10-11H2,1H3. The summed E-state index contributed by atoms with van der Waals surface area (Å²) in [6.07, 6.45) is 6.20. The van der Waals surface area contributed by atoms with Gasteiger partial charge in [0.15, 0.2) is 10.8 Å². The molecule has 2 heterocycles. The fourth-order valence-corrected chi connectivity index (χ4v) is 4.27. The van der Waals surface area contributed by atoms with E-state index in [-0.39, 0.29) is 12.1 Å². The third kappa shape index (κ3) is 3.07. The minimum absolute atomic E-state index is 0.103. The zero-order valence-electron chi connectivity index (χ0n) is 12.3. The van der Waals surface area contributed by atoms with E-state index in [9.17, 15) is 5.11 Å². The van der Waals surface area contributed by atoms with Crippen LogP contribution in [0, 0.1) is 0 Å². The molecule has 2 atom stereocenters. The Bertz CT molecular complexity index is 602. The van der Waals surface area contributed by atoms with Gasteiger partial charge in [-0.05, 0) is 44.4 Å². The van der Waals surface area contributed by atoms with Crippen LogP contribution < -0.4 is 5.32 Å². The number of aliphatic hydroxyl groups excluding tert-OH is 1. The number of aliphatic hydroxyl groups is 1. The normalized spacial score (nSPS) is 25.7. The lowest BCUT2D eigenvalue weighted by Gasteiger charge is -2.28. The van der Waals surface area contributed by atoms with E-state index in [2.05, 4.69) is 22.4 Å². The smallest absolute Gasteiger partial charge is 0.195 e. The molecule has 1 aliphatic rings. The minimum Gasteiger partial charge on any atom is -0.394 e. The van der Waals surface area contributed by atoms with Crippen molar-refractivity contribution in [2.75, 3.05) is 13.2 Å². The Balaban J connectivity index is 1.69. The van der Waals surface area contributed by atoms with E-state index in [0.29, 0.717) is 5.25 Å². The van der Waals surface area contributed by atoms with Crippen molar-refractivity contribution in [2.24, 2.45) is 0 Å².